The highest BCUT2D eigenvalue weighted by atomic mass is 16.3. The van der Waals surface area contributed by atoms with Gasteiger partial charge in [-0.15, -0.1) is 0 Å². The van der Waals surface area contributed by atoms with Gasteiger partial charge in [-0.1, -0.05) is 18.2 Å². The summed E-state index contributed by atoms with van der Waals surface area (Å²) in [6.07, 6.45) is 4.04. The summed E-state index contributed by atoms with van der Waals surface area (Å²) in [4.78, 5) is 2.00. The Hall–Kier alpha value is -1.02. The smallest absolute Gasteiger partial charge is 0.137 e. The van der Waals surface area contributed by atoms with Crippen LogP contribution >= 0.6 is 0 Å². The van der Waals surface area contributed by atoms with E-state index < -0.39 is 5.72 Å². The van der Waals surface area contributed by atoms with Gasteiger partial charge in [0, 0.05) is 12.7 Å². The molecule has 1 saturated carbocycles. The van der Waals surface area contributed by atoms with Crippen molar-refractivity contribution in [3.8, 4) is 0 Å². The van der Waals surface area contributed by atoms with Crippen LogP contribution in [0.3, 0.4) is 0 Å². The third-order valence-electron chi connectivity index (χ3n) is 3.17. The Labute approximate surface area is 85.2 Å². The van der Waals surface area contributed by atoms with Crippen LogP contribution in [0.1, 0.15) is 25.7 Å². The molecule has 2 heteroatoms. The maximum Gasteiger partial charge on any atom is 0.137 e. The topological polar surface area (TPSA) is 23.5 Å². The first-order valence-electron chi connectivity index (χ1n) is 5.24. The van der Waals surface area contributed by atoms with Crippen LogP contribution in [0.5, 0.6) is 0 Å². The van der Waals surface area contributed by atoms with E-state index in [0.29, 0.717) is 0 Å². The monoisotopic (exact) mass is 191 g/mol. The third-order valence-corrected chi connectivity index (χ3v) is 3.17. The Bertz CT molecular complexity index is 290. The van der Waals surface area contributed by atoms with Crippen LogP contribution in [0.15, 0.2) is 30.3 Å². The molecule has 0 heterocycles. The SMILES string of the molecule is CN(c1ccccc1)C1(O)CCCC1. The second kappa shape index (κ2) is 3.62. The maximum atomic E-state index is 10.3. The first-order valence-corrected chi connectivity index (χ1v) is 5.24. The molecule has 1 fully saturated rings. The van der Waals surface area contributed by atoms with Crippen LogP contribution in [0.4, 0.5) is 5.69 Å². The zero-order chi connectivity index (χ0) is 10.0. The number of anilines is 1. The van der Waals surface area contributed by atoms with Gasteiger partial charge in [-0.3, -0.25) is 0 Å². The van der Waals surface area contributed by atoms with Crippen molar-refractivity contribution >= 4 is 5.69 Å². The summed E-state index contributed by atoms with van der Waals surface area (Å²) in [5, 5.41) is 10.3. The molecule has 0 aromatic heterocycles. The van der Waals surface area contributed by atoms with Crippen molar-refractivity contribution in [3.63, 3.8) is 0 Å². The molecule has 14 heavy (non-hydrogen) atoms. The molecule has 1 aromatic carbocycles. The van der Waals surface area contributed by atoms with Crippen LogP contribution in [0.25, 0.3) is 0 Å². The highest BCUT2D eigenvalue weighted by molar-refractivity contribution is 5.47. The van der Waals surface area contributed by atoms with Gasteiger partial charge in [-0.2, -0.15) is 0 Å². The van der Waals surface area contributed by atoms with Crippen molar-refractivity contribution in [2.75, 3.05) is 11.9 Å². The number of para-hydroxylation sites is 1. The molecular formula is C12H17NO. The number of nitrogens with zero attached hydrogens (tertiary/aromatic N) is 1. The zero-order valence-corrected chi connectivity index (χ0v) is 8.61. The van der Waals surface area contributed by atoms with Crippen molar-refractivity contribution in [2.45, 2.75) is 31.4 Å². The minimum absolute atomic E-state index is 0.610. The minimum atomic E-state index is -0.610. The third kappa shape index (κ3) is 1.62. The second-order valence-corrected chi connectivity index (χ2v) is 4.08. The summed E-state index contributed by atoms with van der Waals surface area (Å²) in [6.45, 7) is 0. The number of aliphatic hydroxyl groups is 1. The van der Waals surface area contributed by atoms with E-state index in [9.17, 15) is 5.11 Å². The fourth-order valence-corrected chi connectivity index (χ4v) is 2.17. The van der Waals surface area contributed by atoms with Crippen molar-refractivity contribution in [1.29, 1.82) is 0 Å². The number of hydrogen-bond acceptors (Lipinski definition) is 2. The van der Waals surface area contributed by atoms with Gasteiger partial charge in [0.15, 0.2) is 0 Å². The maximum absolute atomic E-state index is 10.3. The van der Waals surface area contributed by atoms with E-state index in [4.69, 9.17) is 0 Å². The Morgan fingerprint density at radius 2 is 1.71 bits per heavy atom. The van der Waals surface area contributed by atoms with Gasteiger partial charge in [0.2, 0.25) is 0 Å². The van der Waals surface area contributed by atoms with Crippen LogP contribution in [0, 0.1) is 0 Å². The molecule has 0 aliphatic heterocycles. The Morgan fingerprint density at radius 1 is 1.14 bits per heavy atom. The molecule has 0 spiro atoms. The number of rotatable bonds is 2. The molecule has 0 saturated heterocycles. The summed E-state index contributed by atoms with van der Waals surface area (Å²) in [6, 6.07) is 10.1. The summed E-state index contributed by atoms with van der Waals surface area (Å²) in [7, 11) is 1.97. The average molecular weight is 191 g/mol. The standard InChI is InChI=1S/C12H17NO/c1-13(11-7-3-2-4-8-11)12(14)9-5-6-10-12/h2-4,7-8,14H,5-6,9-10H2,1H3. The van der Waals surface area contributed by atoms with Crippen molar-refractivity contribution in [3.05, 3.63) is 30.3 Å². The lowest BCUT2D eigenvalue weighted by molar-refractivity contribution is 0.0489. The lowest BCUT2D eigenvalue weighted by Crippen LogP contribution is -2.44. The molecule has 76 valence electrons. The molecule has 0 atom stereocenters. The molecule has 2 rings (SSSR count). The average Bonchev–Trinajstić information content (AvgIpc) is 2.67. The van der Waals surface area contributed by atoms with E-state index in [-0.39, 0.29) is 0 Å². The Morgan fingerprint density at radius 3 is 2.29 bits per heavy atom. The summed E-state index contributed by atoms with van der Waals surface area (Å²) in [5.74, 6) is 0. The lowest BCUT2D eigenvalue weighted by Gasteiger charge is -2.35. The predicted molar refractivity (Wildman–Crippen MR) is 58.3 cm³/mol. The van der Waals surface area contributed by atoms with E-state index in [1.165, 1.54) is 0 Å². The first kappa shape index (κ1) is 9.53. The van der Waals surface area contributed by atoms with Gasteiger partial charge in [0.25, 0.3) is 0 Å². The molecule has 0 bridgehead atoms. The highest BCUT2D eigenvalue weighted by Crippen LogP contribution is 2.34. The number of hydrogen-bond donors (Lipinski definition) is 1. The van der Waals surface area contributed by atoms with Gasteiger partial charge in [0.1, 0.15) is 5.72 Å². The number of benzene rings is 1. The second-order valence-electron chi connectivity index (χ2n) is 4.08. The molecule has 0 amide bonds. The van der Waals surface area contributed by atoms with Gasteiger partial charge in [-0.25, -0.2) is 0 Å². The molecule has 1 aliphatic carbocycles. The van der Waals surface area contributed by atoms with Crippen molar-refractivity contribution < 1.29 is 5.11 Å². The summed E-state index contributed by atoms with van der Waals surface area (Å²) in [5.41, 5.74) is 0.485. The Balaban J connectivity index is 2.19. The molecule has 1 aromatic rings. The summed E-state index contributed by atoms with van der Waals surface area (Å²) < 4.78 is 0. The van der Waals surface area contributed by atoms with E-state index in [1.54, 1.807) is 0 Å². The molecule has 1 aliphatic rings. The van der Waals surface area contributed by atoms with Crippen LogP contribution in [-0.4, -0.2) is 17.9 Å². The minimum Gasteiger partial charge on any atom is -0.371 e. The zero-order valence-electron chi connectivity index (χ0n) is 8.61. The van der Waals surface area contributed by atoms with E-state index in [2.05, 4.69) is 0 Å². The van der Waals surface area contributed by atoms with Crippen molar-refractivity contribution in [2.24, 2.45) is 0 Å². The van der Waals surface area contributed by atoms with Crippen LogP contribution in [0.2, 0.25) is 0 Å². The quantitative estimate of drug-likeness (QED) is 0.725. The fraction of sp³-hybridized carbons (Fsp3) is 0.500. The summed E-state index contributed by atoms with van der Waals surface area (Å²) >= 11 is 0. The van der Waals surface area contributed by atoms with Gasteiger partial charge in [-0.05, 0) is 37.8 Å². The van der Waals surface area contributed by atoms with Gasteiger partial charge >= 0.3 is 0 Å². The molecule has 0 radical (unpaired) electrons. The van der Waals surface area contributed by atoms with Gasteiger partial charge in [0.05, 0.1) is 0 Å². The van der Waals surface area contributed by atoms with E-state index in [0.717, 1.165) is 31.4 Å². The molecular weight excluding hydrogens is 174 g/mol. The van der Waals surface area contributed by atoms with Gasteiger partial charge < -0.3 is 10.0 Å². The van der Waals surface area contributed by atoms with E-state index >= 15 is 0 Å². The first-order chi connectivity index (χ1) is 6.72. The normalized spacial score (nSPS) is 19.6. The Kier molecular flexibility index (Phi) is 2.46. The van der Waals surface area contributed by atoms with Crippen LogP contribution < -0.4 is 4.90 Å². The largest absolute Gasteiger partial charge is 0.371 e. The highest BCUT2D eigenvalue weighted by Gasteiger charge is 2.35. The van der Waals surface area contributed by atoms with Crippen molar-refractivity contribution in [1.82, 2.24) is 0 Å². The fourth-order valence-electron chi connectivity index (χ4n) is 2.17. The van der Waals surface area contributed by atoms with E-state index in [1.807, 2.05) is 42.3 Å². The predicted octanol–water partition coefficient (Wildman–Crippen LogP) is 2.39. The molecule has 2 nitrogen and oxygen atoms in total. The van der Waals surface area contributed by atoms with Crippen LogP contribution in [-0.2, 0) is 0 Å². The lowest BCUT2D eigenvalue weighted by atomic mass is 10.1. The molecule has 0 unspecified atom stereocenters. The molecule has 1 N–H and O–H groups in total.